The molecule has 1 amide bonds. The number of hydrogen-bond donors (Lipinski definition) is 3. The summed E-state index contributed by atoms with van der Waals surface area (Å²) < 4.78 is 0. The molecule has 18 heavy (non-hydrogen) atoms. The van der Waals surface area contributed by atoms with Crippen molar-refractivity contribution in [3.8, 4) is 0 Å². The van der Waals surface area contributed by atoms with E-state index in [4.69, 9.17) is 5.73 Å². The third-order valence-electron chi connectivity index (χ3n) is 4.36. The molecular weight excluding hydrogens is 228 g/mol. The Labute approximate surface area is 109 Å². The number of unbranched alkanes of at least 4 members (excludes halogenated alkanes) is 1. The SMILES string of the molecule is CCCCC1=CC(=O)NC2C1CCC(O)C2CN. The molecule has 1 heterocycles. The Morgan fingerprint density at radius 2 is 2.28 bits per heavy atom. The van der Waals surface area contributed by atoms with Gasteiger partial charge < -0.3 is 16.2 Å². The van der Waals surface area contributed by atoms with Crippen molar-refractivity contribution in [1.82, 2.24) is 5.32 Å². The number of hydrogen-bond acceptors (Lipinski definition) is 3. The number of rotatable bonds is 4. The van der Waals surface area contributed by atoms with Crippen LogP contribution in [0.1, 0.15) is 39.0 Å². The highest BCUT2D eigenvalue weighted by Gasteiger charge is 2.41. The van der Waals surface area contributed by atoms with E-state index in [1.54, 1.807) is 6.08 Å². The van der Waals surface area contributed by atoms with E-state index >= 15 is 0 Å². The molecule has 4 heteroatoms. The molecule has 2 rings (SSSR count). The molecule has 4 unspecified atom stereocenters. The first-order valence-corrected chi connectivity index (χ1v) is 7.06. The van der Waals surface area contributed by atoms with Gasteiger partial charge in [-0.1, -0.05) is 18.9 Å². The standard InChI is InChI=1S/C14H24N2O2/c1-2-3-4-9-7-13(18)16-14-10(9)5-6-12(17)11(14)8-15/h7,10-12,14,17H,2-6,8,15H2,1H3,(H,16,18). The predicted octanol–water partition coefficient (Wildman–Crippen LogP) is 0.947. The van der Waals surface area contributed by atoms with Crippen molar-refractivity contribution in [3.05, 3.63) is 11.6 Å². The van der Waals surface area contributed by atoms with Gasteiger partial charge in [0.25, 0.3) is 0 Å². The Bertz CT molecular complexity index is 341. The molecule has 1 fully saturated rings. The topological polar surface area (TPSA) is 75.3 Å². The average Bonchev–Trinajstić information content (AvgIpc) is 2.35. The van der Waals surface area contributed by atoms with Crippen LogP contribution in [0.4, 0.5) is 0 Å². The molecule has 0 aromatic rings. The predicted molar refractivity (Wildman–Crippen MR) is 70.8 cm³/mol. The molecule has 4 N–H and O–H groups in total. The van der Waals surface area contributed by atoms with Crippen molar-refractivity contribution in [2.75, 3.05) is 6.54 Å². The van der Waals surface area contributed by atoms with Gasteiger partial charge >= 0.3 is 0 Å². The lowest BCUT2D eigenvalue weighted by Gasteiger charge is -2.44. The minimum atomic E-state index is -0.373. The van der Waals surface area contributed by atoms with Crippen molar-refractivity contribution in [2.24, 2.45) is 17.6 Å². The van der Waals surface area contributed by atoms with E-state index < -0.39 is 0 Å². The maximum atomic E-state index is 11.7. The highest BCUT2D eigenvalue weighted by molar-refractivity contribution is 5.89. The lowest BCUT2D eigenvalue weighted by molar-refractivity contribution is -0.119. The van der Waals surface area contributed by atoms with E-state index in [1.165, 1.54) is 5.57 Å². The molecule has 1 saturated carbocycles. The van der Waals surface area contributed by atoms with Crippen molar-refractivity contribution < 1.29 is 9.90 Å². The van der Waals surface area contributed by atoms with Gasteiger partial charge in [-0.15, -0.1) is 0 Å². The minimum absolute atomic E-state index is 0.00183. The van der Waals surface area contributed by atoms with Crippen molar-refractivity contribution in [3.63, 3.8) is 0 Å². The number of nitrogens with two attached hydrogens (primary N) is 1. The Morgan fingerprint density at radius 1 is 1.50 bits per heavy atom. The smallest absolute Gasteiger partial charge is 0.244 e. The monoisotopic (exact) mass is 252 g/mol. The molecule has 0 radical (unpaired) electrons. The Kier molecular flexibility index (Phi) is 4.40. The van der Waals surface area contributed by atoms with Crippen LogP contribution in [0, 0.1) is 11.8 Å². The van der Waals surface area contributed by atoms with Crippen LogP contribution in [0.2, 0.25) is 0 Å². The fourth-order valence-corrected chi connectivity index (χ4v) is 3.33. The molecule has 0 saturated heterocycles. The van der Waals surface area contributed by atoms with Crippen molar-refractivity contribution in [2.45, 2.75) is 51.2 Å². The third kappa shape index (κ3) is 2.59. The van der Waals surface area contributed by atoms with Crippen LogP contribution in [0.3, 0.4) is 0 Å². The molecule has 0 aromatic carbocycles. The lowest BCUT2D eigenvalue weighted by atomic mass is 9.69. The Hall–Kier alpha value is -0.870. The van der Waals surface area contributed by atoms with Crippen molar-refractivity contribution >= 4 is 5.91 Å². The molecule has 1 aliphatic heterocycles. The second-order valence-electron chi connectivity index (χ2n) is 5.51. The van der Waals surface area contributed by atoms with Crippen LogP contribution < -0.4 is 11.1 Å². The van der Waals surface area contributed by atoms with Gasteiger partial charge in [0, 0.05) is 24.0 Å². The third-order valence-corrected chi connectivity index (χ3v) is 4.36. The summed E-state index contributed by atoms with van der Waals surface area (Å²) in [5, 5.41) is 13.0. The van der Waals surface area contributed by atoms with Crippen LogP contribution in [0.5, 0.6) is 0 Å². The number of amides is 1. The molecular formula is C14H24N2O2. The number of carbonyl (C=O) groups excluding carboxylic acids is 1. The van der Waals surface area contributed by atoms with E-state index in [9.17, 15) is 9.90 Å². The number of carbonyl (C=O) groups is 1. The summed E-state index contributed by atoms with van der Waals surface area (Å²) in [4.78, 5) is 11.7. The summed E-state index contributed by atoms with van der Waals surface area (Å²) in [6.07, 6.45) is 6.40. The van der Waals surface area contributed by atoms with E-state index in [2.05, 4.69) is 12.2 Å². The van der Waals surface area contributed by atoms with Gasteiger partial charge in [0.2, 0.25) is 5.91 Å². The number of fused-ring (bicyclic) bond motifs is 1. The Balaban J connectivity index is 2.16. The van der Waals surface area contributed by atoms with Gasteiger partial charge in [-0.2, -0.15) is 0 Å². The first kappa shape index (κ1) is 13.6. The molecule has 2 aliphatic rings. The Morgan fingerprint density at radius 3 is 2.94 bits per heavy atom. The van der Waals surface area contributed by atoms with E-state index in [1.807, 2.05) is 0 Å². The summed E-state index contributed by atoms with van der Waals surface area (Å²) in [6.45, 7) is 2.60. The average molecular weight is 252 g/mol. The van der Waals surface area contributed by atoms with E-state index in [0.717, 1.165) is 32.1 Å². The molecule has 1 aliphatic carbocycles. The molecule has 102 valence electrons. The first-order valence-electron chi connectivity index (χ1n) is 7.06. The minimum Gasteiger partial charge on any atom is -0.393 e. The maximum absolute atomic E-state index is 11.7. The summed E-state index contributed by atoms with van der Waals surface area (Å²) in [5.41, 5.74) is 7.02. The van der Waals surface area contributed by atoms with Crippen LogP contribution >= 0.6 is 0 Å². The summed E-state index contributed by atoms with van der Waals surface area (Å²) >= 11 is 0. The zero-order valence-electron chi connectivity index (χ0n) is 11.1. The lowest BCUT2D eigenvalue weighted by Crippen LogP contribution is -2.56. The van der Waals surface area contributed by atoms with Crippen LogP contribution in [0.15, 0.2) is 11.6 Å². The fraction of sp³-hybridized carbons (Fsp3) is 0.786. The largest absolute Gasteiger partial charge is 0.393 e. The zero-order chi connectivity index (χ0) is 13.1. The summed E-state index contributed by atoms with van der Waals surface area (Å²) in [6, 6.07) is 0.0307. The first-order chi connectivity index (χ1) is 8.67. The highest BCUT2D eigenvalue weighted by Crippen LogP contribution is 2.37. The molecule has 0 spiro atoms. The van der Waals surface area contributed by atoms with Crippen LogP contribution in [-0.2, 0) is 4.79 Å². The molecule has 0 aromatic heterocycles. The van der Waals surface area contributed by atoms with E-state index in [0.29, 0.717) is 12.5 Å². The normalized spacial score (nSPS) is 35.7. The number of aliphatic hydroxyl groups is 1. The molecule has 4 nitrogen and oxygen atoms in total. The second-order valence-corrected chi connectivity index (χ2v) is 5.51. The molecule has 4 atom stereocenters. The van der Waals surface area contributed by atoms with Gasteiger partial charge in [-0.25, -0.2) is 0 Å². The van der Waals surface area contributed by atoms with Crippen LogP contribution in [0.25, 0.3) is 0 Å². The second kappa shape index (κ2) is 5.85. The zero-order valence-corrected chi connectivity index (χ0v) is 11.1. The highest BCUT2D eigenvalue weighted by atomic mass is 16.3. The van der Waals surface area contributed by atoms with E-state index in [-0.39, 0.29) is 24.0 Å². The molecule has 0 bridgehead atoms. The fourth-order valence-electron chi connectivity index (χ4n) is 3.33. The van der Waals surface area contributed by atoms with Gasteiger partial charge in [0.1, 0.15) is 0 Å². The van der Waals surface area contributed by atoms with Gasteiger partial charge in [0.05, 0.1) is 6.10 Å². The summed E-state index contributed by atoms with van der Waals surface area (Å²) in [7, 11) is 0. The van der Waals surface area contributed by atoms with Gasteiger partial charge in [-0.05, 0) is 32.2 Å². The number of aliphatic hydroxyl groups excluding tert-OH is 1. The summed E-state index contributed by atoms with van der Waals surface area (Å²) in [5.74, 6) is 0.360. The number of nitrogens with one attached hydrogen (secondary N) is 1. The quantitative estimate of drug-likeness (QED) is 0.697. The van der Waals surface area contributed by atoms with Gasteiger partial charge in [0.15, 0.2) is 0 Å². The van der Waals surface area contributed by atoms with Crippen molar-refractivity contribution in [1.29, 1.82) is 0 Å². The maximum Gasteiger partial charge on any atom is 0.244 e. The van der Waals surface area contributed by atoms with Gasteiger partial charge in [-0.3, -0.25) is 4.79 Å². The van der Waals surface area contributed by atoms with Crippen LogP contribution in [-0.4, -0.2) is 29.7 Å².